The molecule has 0 aromatic heterocycles. The molecule has 72 valence electrons. The first-order chi connectivity index (χ1) is 6.40. The Kier molecular flexibility index (Phi) is 2.76. The molecule has 1 heterocycles. The lowest BCUT2D eigenvalue weighted by Gasteiger charge is -2.27. The minimum absolute atomic E-state index is 0.104. The van der Waals surface area contributed by atoms with Gasteiger partial charge in [0, 0.05) is 19.6 Å². The van der Waals surface area contributed by atoms with Crippen molar-refractivity contribution in [1.82, 2.24) is 0 Å². The minimum Gasteiger partial charge on any atom is -0.375 e. The maximum Gasteiger partial charge on any atom is 0.145 e. The fourth-order valence-electron chi connectivity index (χ4n) is 1.83. The van der Waals surface area contributed by atoms with Gasteiger partial charge in [0.25, 0.3) is 0 Å². The molecule has 0 amide bonds. The lowest BCUT2D eigenvalue weighted by molar-refractivity contribution is -0.106. The Morgan fingerprint density at radius 2 is 2.08 bits per heavy atom. The summed E-state index contributed by atoms with van der Waals surface area (Å²) in [4.78, 5) is 10.6. The van der Waals surface area contributed by atoms with Crippen LogP contribution in [0.2, 0.25) is 0 Å². The van der Waals surface area contributed by atoms with E-state index < -0.39 is 0 Å². The Morgan fingerprint density at radius 1 is 1.31 bits per heavy atom. The van der Waals surface area contributed by atoms with E-state index in [-0.39, 0.29) is 12.2 Å². The van der Waals surface area contributed by atoms with Crippen LogP contribution in [0.25, 0.3) is 0 Å². The van der Waals surface area contributed by atoms with Crippen LogP contribution in [-0.2, 0) is 14.3 Å². The van der Waals surface area contributed by atoms with Crippen molar-refractivity contribution in [2.75, 3.05) is 13.2 Å². The number of hydrogen-bond donors (Lipinski definition) is 0. The first-order valence-electron chi connectivity index (χ1n) is 4.77. The number of fused-ring (bicyclic) bond motifs is 1. The predicted octanol–water partition coefficient (Wildman–Crippen LogP) is 1.08. The van der Waals surface area contributed by atoms with Gasteiger partial charge < -0.3 is 9.47 Å². The van der Waals surface area contributed by atoms with Crippen LogP contribution < -0.4 is 0 Å². The van der Waals surface area contributed by atoms with Crippen molar-refractivity contribution >= 4 is 6.29 Å². The maximum absolute atomic E-state index is 10.6. The van der Waals surface area contributed by atoms with Crippen molar-refractivity contribution in [1.29, 1.82) is 0 Å². The van der Waals surface area contributed by atoms with Gasteiger partial charge >= 0.3 is 0 Å². The highest BCUT2D eigenvalue weighted by atomic mass is 16.5. The van der Waals surface area contributed by atoms with Crippen LogP contribution in [0.5, 0.6) is 0 Å². The number of aldehydes is 1. The Labute approximate surface area is 77.7 Å². The van der Waals surface area contributed by atoms with Crippen molar-refractivity contribution in [2.24, 2.45) is 0 Å². The summed E-state index contributed by atoms with van der Waals surface area (Å²) in [6, 6.07) is 0. The van der Waals surface area contributed by atoms with Crippen molar-refractivity contribution < 1.29 is 14.3 Å². The van der Waals surface area contributed by atoms with E-state index in [0.717, 1.165) is 37.9 Å². The fraction of sp³-hybridized carbons (Fsp3) is 0.700. The van der Waals surface area contributed by atoms with Gasteiger partial charge in [-0.15, -0.1) is 0 Å². The number of carbonyl (C=O) groups excluding carboxylic acids is 1. The first kappa shape index (κ1) is 8.91. The molecule has 2 rings (SSSR count). The molecule has 3 heteroatoms. The molecule has 0 aromatic carbocycles. The third-order valence-corrected chi connectivity index (χ3v) is 2.57. The van der Waals surface area contributed by atoms with Crippen LogP contribution in [0.4, 0.5) is 0 Å². The standard InChI is InChI=1S/C10H14O3/c11-7-8-2-3-9-10(6-8)13-5-1-4-12-9/h2,7,9-10H,1,3-6H2. The monoisotopic (exact) mass is 182 g/mol. The van der Waals surface area contributed by atoms with Crippen molar-refractivity contribution in [3.8, 4) is 0 Å². The molecular weight excluding hydrogens is 168 g/mol. The summed E-state index contributed by atoms with van der Waals surface area (Å²) in [5.41, 5.74) is 0.853. The zero-order valence-electron chi connectivity index (χ0n) is 7.57. The zero-order chi connectivity index (χ0) is 9.10. The van der Waals surface area contributed by atoms with Crippen molar-refractivity contribution in [2.45, 2.75) is 31.5 Å². The number of hydrogen-bond acceptors (Lipinski definition) is 3. The molecule has 3 nitrogen and oxygen atoms in total. The lowest BCUT2D eigenvalue weighted by atomic mass is 9.95. The summed E-state index contributed by atoms with van der Waals surface area (Å²) in [5, 5.41) is 0. The summed E-state index contributed by atoms with van der Waals surface area (Å²) < 4.78 is 11.2. The average molecular weight is 182 g/mol. The largest absolute Gasteiger partial charge is 0.375 e. The molecule has 0 bridgehead atoms. The molecule has 1 aliphatic heterocycles. The highest BCUT2D eigenvalue weighted by Gasteiger charge is 2.28. The Morgan fingerprint density at radius 3 is 2.85 bits per heavy atom. The molecule has 2 unspecified atom stereocenters. The molecule has 13 heavy (non-hydrogen) atoms. The molecule has 0 spiro atoms. The van der Waals surface area contributed by atoms with Crippen LogP contribution >= 0.6 is 0 Å². The number of ether oxygens (including phenoxy) is 2. The molecule has 0 N–H and O–H groups in total. The van der Waals surface area contributed by atoms with Gasteiger partial charge in [0.05, 0.1) is 12.2 Å². The molecular formula is C10H14O3. The van der Waals surface area contributed by atoms with E-state index in [1.54, 1.807) is 0 Å². The predicted molar refractivity (Wildman–Crippen MR) is 47.5 cm³/mol. The smallest absolute Gasteiger partial charge is 0.145 e. The number of rotatable bonds is 1. The summed E-state index contributed by atoms with van der Waals surface area (Å²) in [6.45, 7) is 1.54. The third kappa shape index (κ3) is 1.98. The molecule has 2 atom stereocenters. The van der Waals surface area contributed by atoms with E-state index in [4.69, 9.17) is 9.47 Å². The van der Waals surface area contributed by atoms with Crippen molar-refractivity contribution in [3.05, 3.63) is 11.6 Å². The lowest BCUT2D eigenvalue weighted by Crippen LogP contribution is -2.32. The van der Waals surface area contributed by atoms with Crippen LogP contribution in [0.15, 0.2) is 11.6 Å². The van der Waals surface area contributed by atoms with Gasteiger partial charge in [-0.3, -0.25) is 4.79 Å². The van der Waals surface area contributed by atoms with Gasteiger partial charge in [-0.25, -0.2) is 0 Å². The van der Waals surface area contributed by atoms with E-state index in [9.17, 15) is 4.79 Å². The van der Waals surface area contributed by atoms with Gasteiger partial charge in [-0.1, -0.05) is 6.08 Å². The van der Waals surface area contributed by atoms with Crippen LogP contribution in [-0.4, -0.2) is 31.7 Å². The van der Waals surface area contributed by atoms with Gasteiger partial charge in [0.1, 0.15) is 6.29 Å². The summed E-state index contributed by atoms with van der Waals surface area (Å²) >= 11 is 0. The van der Waals surface area contributed by atoms with Crippen LogP contribution in [0.1, 0.15) is 19.3 Å². The third-order valence-electron chi connectivity index (χ3n) is 2.57. The van der Waals surface area contributed by atoms with Gasteiger partial charge in [-0.05, 0) is 18.4 Å². The fourth-order valence-corrected chi connectivity index (χ4v) is 1.83. The summed E-state index contributed by atoms with van der Waals surface area (Å²) in [7, 11) is 0. The molecule has 1 aliphatic carbocycles. The van der Waals surface area contributed by atoms with Gasteiger partial charge in [-0.2, -0.15) is 0 Å². The zero-order valence-corrected chi connectivity index (χ0v) is 7.57. The highest BCUT2D eigenvalue weighted by molar-refractivity contribution is 5.73. The van der Waals surface area contributed by atoms with E-state index in [0.29, 0.717) is 6.42 Å². The van der Waals surface area contributed by atoms with E-state index in [2.05, 4.69) is 0 Å². The van der Waals surface area contributed by atoms with Crippen LogP contribution in [0, 0.1) is 0 Å². The van der Waals surface area contributed by atoms with E-state index in [1.807, 2.05) is 6.08 Å². The maximum atomic E-state index is 10.6. The minimum atomic E-state index is 0.104. The second-order valence-electron chi connectivity index (χ2n) is 3.51. The normalized spacial score (nSPS) is 34.3. The quantitative estimate of drug-likeness (QED) is 0.569. The summed E-state index contributed by atoms with van der Waals surface area (Å²) in [6.07, 6.45) is 5.66. The Balaban J connectivity index is 2.04. The van der Waals surface area contributed by atoms with Crippen molar-refractivity contribution in [3.63, 3.8) is 0 Å². The average Bonchev–Trinajstić information content (AvgIpc) is 2.41. The van der Waals surface area contributed by atoms with Gasteiger partial charge in [0.2, 0.25) is 0 Å². The number of carbonyl (C=O) groups is 1. The van der Waals surface area contributed by atoms with E-state index >= 15 is 0 Å². The SMILES string of the molecule is O=CC1=CCC2OCCCOC2C1. The molecule has 0 aromatic rings. The first-order valence-corrected chi connectivity index (χ1v) is 4.77. The second-order valence-corrected chi connectivity index (χ2v) is 3.51. The molecule has 0 radical (unpaired) electrons. The summed E-state index contributed by atoms with van der Waals surface area (Å²) in [5.74, 6) is 0. The Bertz CT molecular complexity index is 222. The van der Waals surface area contributed by atoms with Crippen LogP contribution in [0.3, 0.4) is 0 Å². The Hall–Kier alpha value is -0.670. The molecule has 1 fully saturated rings. The van der Waals surface area contributed by atoms with E-state index in [1.165, 1.54) is 0 Å². The molecule has 0 saturated carbocycles. The van der Waals surface area contributed by atoms with Gasteiger partial charge in [0.15, 0.2) is 0 Å². The topological polar surface area (TPSA) is 35.5 Å². The molecule has 1 saturated heterocycles. The molecule has 2 aliphatic rings. The highest BCUT2D eigenvalue weighted by Crippen LogP contribution is 2.24. The second kappa shape index (κ2) is 4.03.